The molecule has 0 bridgehead atoms. The van der Waals surface area contributed by atoms with E-state index in [2.05, 4.69) is 23.9 Å². The summed E-state index contributed by atoms with van der Waals surface area (Å²) in [7, 11) is 0. The Morgan fingerprint density at radius 3 is 2.19 bits per heavy atom. The molecule has 1 N–H and O–H groups in total. The number of carboxylic acids is 1. The molecule has 0 saturated heterocycles. The Balaban J connectivity index is 1.55. The zero-order valence-corrected chi connectivity index (χ0v) is 23.4. The van der Waals surface area contributed by atoms with E-state index in [1.807, 2.05) is 0 Å². The third-order valence-corrected chi connectivity index (χ3v) is 8.75. The van der Waals surface area contributed by atoms with Crippen LogP contribution in [-0.2, 0) is 4.79 Å². The number of amides is 1. The van der Waals surface area contributed by atoms with E-state index in [1.54, 1.807) is 11.6 Å². The van der Waals surface area contributed by atoms with Crippen molar-refractivity contribution in [2.75, 3.05) is 13.1 Å². The average Bonchev–Trinajstić information content (AvgIpc) is 3.18. The third kappa shape index (κ3) is 5.81. The molecule has 2 aliphatic carbocycles. The average molecular weight is 570 g/mol. The van der Waals surface area contributed by atoms with E-state index in [4.69, 9.17) is 34.8 Å². The summed E-state index contributed by atoms with van der Waals surface area (Å²) in [5.74, 6) is -1.31. The van der Waals surface area contributed by atoms with Gasteiger partial charge in [-0.1, -0.05) is 48.7 Å². The minimum Gasteiger partial charge on any atom is -0.481 e. The number of pyridine rings is 1. The highest BCUT2D eigenvalue weighted by Crippen LogP contribution is 2.45. The Morgan fingerprint density at radius 1 is 1.05 bits per heavy atom. The van der Waals surface area contributed by atoms with Gasteiger partial charge in [-0.2, -0.15) is 5.10 Å². The lowest BCUT2D eigenvalue weighted by molar-refractivity contribution is -0.150. The van der Waals surface area contributed by atoms with Crippen LogP contribution in [0.1, 0.15) is 86.1 Å². The molecule has 2 heterocycles. The number of carbonyl (C=O) groups excluding carboxylic acids is 2. The van der Waals surface area contributed by atoms with Crippen molar-refractivity contribution in [2.45, 2.75) is 65.3 Å². The fourth-order valence-electron chi connectivity index (χ4n) is 5.71. The topological polar surface area (TPSA) is 105 Å². The minimum atomic E-state index is -0.803. The predicted octanol–water partition coefficient (Wildman–Crippen LogP) is 6.21. The maximum Gasteiger partial charge on any atom is 0.309 e. The Hall–Kier alpha value is -2.16. The van der Waals surface area contributed by atoms with Crippen molar-refractivity contribution in [3.05, 3.63) is 44.9 Å². The van der Waals surface area contributed by atoms with Gasteiger partial charge in [0.05, 0.1) is 45.4 Å². The summed E-state index contributed by atoms with van der Waals surface area (Å²) < 4.78 is 1.61. The Bertz CT molecular complexity index is 1190. The molecule has 2 saturated carbocycles. The van der Waals surface area contributed by atoms with Crippen LogP contribution in [0.5, 0.6) is 0 Å². The number of hydrogen-bond donors (Lipinski definition) is 1. The highest BCUT2D eigenvalue weighted by atomic mass is 35.5. The van der Waals surface area contributed by atoms with Crippen molar-refractivity contribution in [1.29, 1.82) is 0 Å². The lowest BCUT2D eigenvalue weighted by Crippen LogP contribution is -2.44. The molecule has 0 aromatic carbocycles. The van der Waals surface area contributed by atoms with Crippen LogP contribution < -0.4 is 0 Å². The second-order valence-corrected chi connectivity index (χ2v) is 12.6. The van der Waals surface area contributed by atoms with E-state index in [0.29, 0.717) is 32.2 Å². The van der Waals surface area contributed by atoms with Crippen LogP contribution in [0.3, 0.4) is 0 Å². The number of ketones is 1. The van der Waals surface area contributed by atoms with Gasteiger partial charge in [0.25, 0.3) is 5.91 Å². The number of Topliss-reactive ketones (excluding diaryl/α,β-unsaturated/α-hetero) is 1. The zero-order valence-electron chi connectivity index (χ0n) is 21.1. The summed E-state index contributed by atoms with van der Waals surface area (Å²) in [4.78, 5) is 43.9. The Kier molecular flexibility index (Phi) is 7.94. The number of aliphatic carboxylic acids is 1. The molecule has 1 amide bonds. The lowest BCUT2D eigenvalue weighted by atomic mass is 9.64. The van der Waals surface area contributed by atoms with Crippen molar-refractivity contribution in [3.63, 3.8) is 0 Å². The molecule has 0 unspecified atom stereocenters. The first-order valence-electron chi connectivity index (χ1n) is 12.4. The smallest absolute Gasteiger partial charge is 0.309 e. The van der Waals surface area contributed by atoms with Crippen LogP contribution in [0.15, 0.2) is 18.6 Å². The van der Waals surface area contributed by atoms with Gasteiger partial charge in [0.2, 0.25) is 0 Å². The van der Waals surface area contributed by atoms with E-state index >= 15 is 0 Å². The lowest BCUT2D eigenvalue weighted by Gasteiger charge is -2.44. The second-order valence-electron chi connectivity index (χ2n) is 11.4. The number of nitrogens with zero attached hydrogens (tertiary/aromatic N) is 4. The summed E-state index contributed by atoms with van der Waals surface area (Å²) in [6.07, 6.45) is 8.20. The molecule has 2 aromatic rings. The quantitative estimate of drug-likeness (QED) is 0.379. The highest BCUT2D eigenvalue weighted by Gasteiger charge is 2.40. The monoisotopic (exact) mass is 568 g/mol. The molecule has 0 atom stereocenters. The summed E-state index contributed by atoms with van der Waals surface area (Å²) in [6.45, 7) is 6.30. The molecule has 37 heavy (non-hydrogen) atoms. The number of halogens is 3. The number of hydrogen-bond acceptors (Lipinski definition) is 5. The molecule has 0 radical (unpaired) electrons. The van der Waals surface area contributed by atoms with Gasteiger partial charge in [-0.3, -0.25) is 24.0 Å². The molecule has 0 aliphatic heterocycles. The van der Waals surface area contributed by atoms with Gasteiger partial charge < -0.3 is 10.0 Å². The first-order chi connectivity index (χ1) is 17.3. The van der Waals surface area contributed by atoms with Crippen LogP contribution in [0.25, 0.3) is 0 Å². The van der Waals surface area contributed by atoms with Gasteiger partial charge in [-0.15, -0.1) is 0 Å². The van der Waals surface area contributed by atoms with Crippen molar-refractivity contribution in [3.8, 4) is 0 Å². The number of carboxylic acid groups (broad SMARTS) is 1. The summed E-state index contributed by atoms with van der Waals surface area (Å²) in [5, 5.41) is 14.4. The van der Waals surface area contributed by atoms with Crippen LogP contribution >= 0.6 is 34.8 Å². The predicted molar refractivity (Wildman–Crippen MR) is 141 cm³/mol. The largest absolute Gasteiger partial charge is 0.481 e. The fraction of sp³-hybridized carbons (Fsp3) is 0.577. The van der Waals surface area contributed by atoms with Crippen molar-refractivity contribution < 1.29 is 19.5 Å². The molecule has 4 rings (SSSR count). The Labute approximate surface area is 231 Å². The maximum atomic E-state index is 13.7. The van der Waals surface area contributed by atoms with Gasteiger partial charge in [0, 0.05) is 18.9 Å². The van der Waals surface area contributed by atoms with Gasteiger partial charge in [0.15, 0.2) is 5.78 Å². The zero-order chi connectivity index (χ0) is 27.1. The molecule has 11 heteroatoms. The van der Waals surface area contributed by atoms with Gasteiger partial charge in [0.1, 0.15) is 5.15 Å². The minimum absolute atomic E-state index is 0.0987. The molecular weight excluding hydrogens is 539 g/mol. The van der Waals surface area contributed by atoms with Crippen molar-refractivity contribution >= 4 is 52.5 Å². The summed E-state index contributed by atoms with van der Waals surface area (Å²) in [6, 6.07) is -0.0987. The van der Waals surface area contributed by atoms with Crippen LogP contribution in [0.2, 0.25) is 15.2 Å². The van der Waals surface area contributed by atoms with E-state index in [0.717, 1.165) is 12.8 Å². The molecule has 0 spiro atoms. The normalized spacial score (nSPS) is 23.4. The highest BCUT2D eigenvalue weighted by molar-refractivity contribution is 6.39. The van der Waals surface area contributed by atoms with E-state index < -0.39 is 11.4 Å². The first-order valence-corrected chi connectivity index (χ1v) is 13.5. The molecule has 200 valence electrons. The third-order valence-electron chi connectivity index (χ3n) is 7.80. The van der Waals surface area contributed by atoms with E-state index in [-0.39, 0.29) is 61.9 Å². The van der Waals surface area contributed by atoms with Gasteiger partial charge in [-0.25, -0.2) is 0 Å². The molecule has 2 aromatic heterocycles. The van der Waals surface area contributed by atoms with Crippen LogP contribution in [-0.4, -0.2) is 55.5 Å². The Morgan fingerprint density at radius 2 is 1.65 bits per heavy atom. The molecular formula is C26H31Cl3N4O4. The number of carbonyl (C=O) groups is 3. The van der Waals surface area contributed by atoms with E-state index in [9.17, 15) is 19.5 Å². The maximum absolute atomic E-state index is 13.7. The second kappa shape index (κ2) is 10.5. The van der Waals surface area contributed by atoms with Crippen molar-refractivity contribution in [1.82, 2.24) is 19.7 Å². The standard InChI is InChI=1S/C26H31Cl3N4O4/c1-25(2)8-15(9-25)13-32(14-20(34)21-18(27)11-30-12-19(21)28)23(35)17-10-31-33(22(17)29)16-4-6-26(3,7-5-16)24(36)37/h10-12,15-16H,4-9,13-14H2,1-3H3,(H,36,37)/t16-,26-. The summed E-state index contributed by atoms with van der Waals surface area (Å²) in [5.41, 5.74) is -0.213. The van der Waals surface area contributed by atoms with Crippen LogP contribution in [0, 0.1) is 16.7 Å². The fourth-order valence-corrected chi connectivity index (χ4v) is 6.59. The van der Waals surface area contributed by atoms with Gasteiger partial charge >= 0.3 is 5.97 Å². The number of aromatic nitrogens is 3. The molecule has 8 nitrogen and oxygen atoms in total. The van der Waals surface area contributed by atoms with Gasteiger partial charge in [-0.05, 0) is 56.8 Å². The summed E-state index contributed by atoms with van der Waals surface area (Å²) >= 11 is 19.1. The first kappa shape index (κ1) is 27.9. The van der Waals surface area contributed by atoms with Crippen molar-refractivity contribution in [2.24, 2.45) is 16.7 Å². The number of rotatable bonds is 8. The van der Waals surface area contributed by atoms with Crippen LogP contribution in [0.4, 0.5) is 0 Å². The molecule has 2 fully saturated rings. The molecule has 2 aliphatic rings. The van der Waals surface area contributed by atoms with E-state index in [1.165, 1.54) is 23.5 Å². The SMILES string of the molecule is CC1(C)CC(CN(CC(=O)c2c(Cl)cncc2Cl)C(=O)c2cnn([C@H]3CC[C@](C)(C(=O)O)CC3)c2Cl)C1.